The van der Waals surface area contributed by atoms with Crippen molar-refractivity contribution in [2.75, 3.05) is 11.5 Å². The quantitative estimate of drug-likeness (QED) is 0.0454. The predicted octanol–water partition coefficient (Wildman–Crippen LogP) is 15.1. The standard InChI is InChI=1S/C51H74N2/c1-3-22-50(46-34-38-48(52)39-35-46)44-30-26-42(27-31-44)24-20-18-16-14-12-10-8-6-5-7-9-11-13-15-17-19-21-25-43-28-32-45(33-29-43)51(23-4-2)47-36-40-49(53)41-37-47/h26-41,50-51H,3-25,52-53H2,1-2H3. The maximum atomic E-state index is 5.93. The fourth-order valence-corrected chi connectivity index (χ4v) is 8.23. The minimum absolute atomic E-state index is 0.466. The zero-order chi connectivity index (χ0) is 37.4. The van der Waals surface area contributed by atoms with E-state index in [1.807, 2.05) is 24.3 Å². The fourth-order valence-electron chi connectivity index (χ4n) is 8.23. The molecule has 4 rings (SSSR count). The van der Waals surface area contributed by atoms with Crippen LogP contribution in [0.15, 0.2) is 97.1 Å². The van der Waals surface area contributed by atoms with Crippen molar-refractivity contribution in [3.05, 3.63) is 130 Å². The van der Waals surface area contributed by atoms with Gasteiger partial charge in [0.25, 0.3) is 0 Å². The topological polar surface area (TPSA) is 52.0 Å². The molecule has 2 nitrogen and oxygen atoms in total. The van der Waals surface area contributed by atoms with E-state index < -0.39 is 0 Å². The Bertz CT molecular complexity index is 1350. The van der Waals surface area contributed by atoms with Gasteiger partial charge in [0, 0.05) is 23.2 Å². The lowest BCUT2D eigenvalue weighted by molar-refractivity contribution is 0.525. The largest absolute Gasteiger partial charge is 0.399 e. The smallest absolute Gasteiger partial charge is 0.0314 e. The van der Waals surface area contributed by atoms with Crippen LogP contribution in [-0.2, 0) is 12.8 Å². The van der Waals surface area contributed by atoms with Gasteiger partial charge in [-0.25, -0.2) is 0 Å². The van der Waals surface area contributed by atoms with Crippen molar-refractivity contribution in [1.82, 2.24) is 0 Å². The Morgan fingerprint density at radius 1 is 0.321 bits per heavy atom. The summed E-state index contributed by atoms with van der Waals surface area (Å²) in [5, 5.41) is 0. The highest BCUT2D eigenvalue weighted by atomic mass is 14.5. The molecule has 53 heavy (non-hydrogen) atoms. The van der Waals surface area contributed by atoms with Gasteiger partial charge in [0.1, 0.15) is 0 Å². The first-order valence-corrected chi connectivity index (χ1v) is 22.0. The number of hydrogen-bond acceptors (Lipinski definition) is 2. The molecule has 0 aromatic heterocycles. The van der Waals surface area contributed by atoms with E-state index in [1.54, 1.807) is 0 Å². The lowest BCUT2D eigenvalue weighted by atomic mass is 9.87. The first-order chi connectivity index (χ1) is 26.1. The monoisotopic (exact) mass is 715 g/mol. The minimum atomic E-state index is 0.466. The Balaban J connectivity index is 0.917. The lowest BCUT2D eigenvalue weighted by Gasteiger charge is -2.18. The number of unbranched alkanes of at least 4 members (excludes halogenated alkanes) is 16. The molecular weight excluding hydrogens is 641 g/mol. The van der Waals surface area contributed by atoms with Gasteiger partial charge in [0.2, 0.25) is 0 Å². The molecule has 288 valence electrons. The highest BCUT2D eigenvalue weighted by Gasteiger charge is 2.14. The summed E-state index contributed by atoms with van der Waals surface area (Å²) >= 11 is 0. The van der Waals surface area contributed by atoms with Crippen LogP contribution >= 0.6 is 0 Å². The van der Waals surface area contributed by atoms with Gasteiger partial charge >= 0.3 is 0 Å². The number of rotatable bonds is 28. The SMILES string of the molecule is CCCC(c1ccc(N)cc1)c1ccc(CCCCCCCCCCCCCCCCCCCc2ccc(C(CCC)c3ccc(N)cc3)cc2)cc1. The Hall–Kier alpha value is -3.52. The molecule has 4 aromatic rings. The third-order valence-corrected chi connectivity index (χ3v) is 11.5. The molecule has 0 saturated heterocycles. The number of nitrogens with two attached hydrogens (primary N) is 2. The lowest BCUT2D eigenvalue weighted by Crippen LogP contribution is -2.01. The van der Waals surface area contributed by atoms with Crippen molar-refractivity contribution in [3.8, 4) is 0 Å². The summed E-state index contributed by atoms with van der Waals surface area (Å²) in [5.74, 6) is 0.933. The molecule has 4 N–H and O–H groups in total. The van der Waals surface area contributed by atoms with Crippen molar-refractivity contribution >= 4 is 11.4 Å². The van der Waals surface area contributed by atoms with Crippen molar-refractivity contribution < 1.29 is 0 Å². The average Bonchev–Trinajstić information content (AvgIpc) is 3.18. The Kier molecular flexibility index (Phi) is 20.3. The normalized spacial score (nSPS) is 12.6. The van der Waals surface area contributed by atoms with Gasteiger partial charge in [-0.15, -0.1) is 0 Å². The van der Waals surface area contributed by atoms with Crippen LogP contribution in [0.3, 0.4) is 0 Å². The molecule has 0 aliphatic carbocycles. The summed E-state index contributed by atoms with van der Waals surface area (Å²) in [4.78, 5) is 0. The summed E-state index contributed by atoms with van der Waals surface area (Å²) in [6.45, 7) is 4.55. The third-order valence-electron chi connectivity index (χ3n) is 11.5. The molecule has 0 amide bonds. The molecule has 2 unspecified atom stereocenters. The van der Waals surface area contributed by atoms with Gasteiger partial charge in [-0.1, -0.05) is 196 Å². The summed E-state index contributed by atoms with van der Waals surface area (Å²) in [6.07, 6.45) is 31.0. The molecule has 2 atom stereocenters. The molecule has 2 heteroatoms. The van der Waals surface area contributed by atoms with Crippen LogP contribution in [0.4, 0.5) is 11.4 Å². The second-order valence-electron chi connectivity index (χ2n) is 16.0. The van der Waals surface area contributed by atoms with E-state index in [0.29, 0.717) is 11.8 Å². The van der Waals surface area contributed by atoms with Crippen molar-refractivity contribution in [1.29, 1.82) is 0 Å². The second kappa shape index (κ2) is 25.5. The Morgan fingerprint density at radius 2 is 0.547 bits per heavy atom. The summed E-state index contributed by atoms with van der Waals surface area (Å²) < 4.78 is 0. The molecule has 0 radical (unpaired) electrons. The average molecular weight is 715 g/mol. The van der Waals surface area contributed by atoms with Crippen molar-refractivity contribution in [2.24, 2.45) is 0 Å². The van der Waals surface area contributed by atoms with Gasteiger partial charge in [-0.3, -0.25) is 0 Å². The number of anilines is 2. The summed E-state index contributed by atoms with van der Waals surface area (Å²) in [6, 6.07) is 35.8. The van der Waals surface area contributed by atoms with E-state index in [4.69, 9.17) is 11.5 Å². The summed E-state index contributed by atoms with van der Waals surface area (Å²) in [7, 11) is 0. The highest BCUT2D eigenvalue weighted by Crippen LogP contribution is 2.31. The number of hydrogen-bond donors (Lipinski definition) is 2. The molecule has 0 aliphatic heterocycles. The maximum absolute atomic E-state index is 5.93. The van der Waals surface area contributed by atoms with E-state index in [1.165, 1.54) is 181 Å². The first kappa shape index (κ1) is 42.2. The fraction of sp³-hybridized carbons (Fsp3) is 0.529. The van der Waals surface area contributed by atoms with Gasteiger partial charge < -0.3 is 11.5 Å². The Morgan fingerprint density at radius 3 is 0.792 bits per heavy atom. The van der Waals surface area contributed by atoms with E-state index in [-0.39, 0.29) is 0 Å². The van der Waals surface area contributed by atoms with Crippen molar-refractivity contribution in [2.45, 2.75) is 173 Å². The third kappa shape index (κ3) is 16.2. The van der Waals surface area contributed by atoms with E-state index in [0.717, 1.165) is 11.4 Å². The Labute approximate surface area is 325 Å². The van der Waals surface area contributed by atoms with Gasteiger partial charge in [0.05, 0.1) is 0 Å². The number of aryl methyl sites for hydroxylation is 2. The minimum Gasteiger partial charge on any atom is -0.399 e. The zero-order valence-electron chi connectivity index (χ0n) is 33.8. The van der Waals surface area contributed by atoms with Crippen LogP contribution in [0, 0.1) is 0 Å². The second-order valence-corrected chi connectivity index (χ2v) is 16.0. The zero-order valence-corrected chi connectivity index (χ0v) is 33.8. The van der Waals surface area contributed by atoms with Crippen LogP contribution < -0.4 is 11.5 Å². The molecule has 0 bridgehead atoms. The van der Waals surface area contributed by atoms with Crippen LogP contribution in [0.5, 0.6) is 0 Å². The van der Waals surface area contributed by atoms with E-state index in [9.17, 15) is 0 Å². The molecule has 0 saturated carbocycles. The number of benzene rings is 4. The molecule has 0 heterocycles. The van der Waals surface area contributed by atoms with Crippen LogP contribution in [0.1, 0.15) is 194 Å². The van der Waals surface area contributed by atoms with Crippen LogP contribution in [0.2, 0.25) is 0 Å². The highest BCUT2D eigenvalue weighted by molar-refractivity contribution is 5.44. The maximum Gasteiger partial charge on any atom is 0.0314 e. The van der Waals surface area contributed by atoms with E-state index >= 15 is 0 Å². The molecule has 4 aromatic carbocycles. The van der Waals surface area contributed by atoms with E-state index in [2.05, 4.69) is 86.6 Å². The summed E-state index contributed by atoms with van der Waals surface area (Å²) in [5.41, 5.74) is 22.1. The first-order valence-electron chi connectivity index (χ1n) is 22.0. The van der Waals surface area contributed by atoms with Gasteiger partial charge in [-0.2, -0.15) is 0 Å². The van der Waals surface area contributed by atoms with Gasteiger partial charge in [0.15, 0.2) is 0 Å². The van der Waals surface area contributed by atoms with Gasteiger partial charge in [-0.05, 0) is 96.2 Å². The van der Waals surface area contributed by atoms with Crippen LogP contribution in [0.25, 0.3) is 0 Å². The van der Waals surface area contributed by atoms with Crippen molar-refractivity contribution in [3.63, 3.8) is 0 Å². The predicted molar refractivity (Wildman–Crippen MR) is 234 cm³/mol. The molecule has 0 aliphatic rings. The molecule has 0 fully saturated rings. The molecule has 0 spiro atoms. The van der Waals surface area contributed by atoms with Crippen LogP contribution in [-0.4, -0.2) is 0 Å². The molecular formula is C51H74N2. The number of nitrogen functional groups attached to an aromatic ring is 2.